The average Bonchev–Trinajstić information content (AvgIpc) is 3.71. The molecule has 0 aliphatic carbocycles. The van der Waals surface area contributed by atoms with E-state index in [9.17, 15) is 0 Å². The number of nitrogens with zero attached hydrogens (tertiary/aromatic N) is 8. The van der Waals surface area contributed by atoms with Crippen LogP contribution in [0.1, 0.15) is 5.56 Å². The highest BCUT2D eigenvalue weighted by Gasteiger charge is 2.46. The third kappa shape index (κ3) is 6.09. The maximum atomic E-state index is 5.23. The second-order valence-corrected chi connectivity index (χ2v) is 16.0. The zero-order valence-corrected chi connectivity index (χ0v) is 29.5. The number of benzene rings is 1. The topological polar surface area (TPSA) is 49.4 Å². The largest absolute Gasteiger partial charge is 0.293 e. The summed E-state index contributed by atoms with van der Waals surface area (Å²) >= 11 is 0. The number of hydrogen-bond acceptors (Lipinski definition) is 4. The first-order valence-corrected chi connectivity index (χ1v) is 15.7. The molecule has 0 saturated heterocycles. The van der Waals surface area contributed by atoms with Crippen molar-refractivity contribution in [3.05, 3.63) is 101 Å². The van der Waals surface area contributed by atoms with Crippen LogP contribution in [-0.2, 0) is 0 Å². The standard InChI is InChI=1S/C38H48N8/c1-43(2,3)35-24-33(36(44(4,5)6)38(46(10,11)12)37(35)45(7,8)9)32-22-31-21-29-16-15-27(40-29)19-25-13-14-26(39-25)20-28-17-18-30(41-28)23-34(32)42-31/h13-24H,1-12H3/q+4. The van der Waals surface area contributed by atoms with Gasteiger partial charge in [0, 0.05) is 11.6 Å². The van der Waals surface area contributed by atoms with Gasteiger partial charge in [0.1, 0.15) is 0 Å². The fraction of sp³-hybridized carbons (Fsp3) is 0.316. The Labute approximate surface area is 274 Å². The van der Waals surface area contributed by atoms with Crippen molar-refractivity contribution in [3.8, 4) is 0 Å². The van der Waals surface area contributed by atoms with Crippen molar-refractivity contribution in [2.75, 3.05) is 84.6 Å². The van der Waals surface area contributed by atoms with Gasteiger partial charge < -0.3 is 0 Å². The minimum atomic E-state index is 0.653. The van der Waals surface area contributed by atoms with Crippen LogP contribution >= 0.6 is 0 Å². The molecule has 1 aromatic carbocycles. The van der Waals surface area contributed by atoms with Crippen molar-refractivity contribution in [1.82, 2.24) is 17.9 Å². The third-order valence-corrected chi connectivity index (χ3v) is 8.29. The molecule has 0 atom stereocenters. The predicted octanol–water partition coefficient (Wildman–Crippen LogP) is 5.89. The summed E-state index contributed by atoms with van der Waals surface area (Å²) in [6, 6.07) is 2.42. The number of rotatable bonds is 5. The number of fused-ring (bicyclic) bond motifs is 4. The van der Waals surface area contributed by atoms with Crippen molar-refractivity contribution >= 4 is 51.2 Å². The summed E-state index contributed by atoms with van der Waals surface area (Å²) in [6.45, 7) is 0. The molecule has 8 heteroatoms. The van der Waals surface area contributed by atoms with E-state index in [1.165, 1.54) is 28.3 Å². The van der Waals surface area contributed by atoms with Crippen molar-refractivity contribution in [2.45, 2.75) is 0 Å². The molecule has 5 aliphatic rings. The van der Waals surface area contributed by atoms with Crippen molar-refractivity contribution in [3.63, 3.8) is 0 Å². The molecule has 46 heavy (non-hydrogen) atoms. The van der Waals surface area contributed by atoms with E-state index in [-0.39, 0.29) is 0 Å². The van der Waals surface area contributed by atoms with E-state index in [0.29, 0.717) is 17.9 Å². The Hall–Kier alpha value is -4.34. The maximum Gasteiger partial charge on any atom is 0.262 e. The zero-order chi connectivity index (χ0) is 33.4. The molecular weight excluding hydrogens is 568 g/mol. The predicted molar refractivity (Wildman–Crippen MR) is 202 cm³/mol. The quantitative estimate of drug-likeness (QED) is 0.371. The molecule has 0 unspecified atom stereocenters. The molecule has 8 nitrogen and oxygen atoms in total. The van der Waals surface area contributed by atoms with E-state index in [1.807, 2.05) is 42.5 Å². The molecule has 0 fully saturated rings. The molecule has 0 N–H and O–H groups in total. The van der Waals surface area contributed by atoms with E-state index in [4.69, 9.17) is 20.0 Å². The number of quaternary nitrogens is 4. The van der Waals surface area contributed by atoms with Crippen LogP contribution in [0.4, 0.5) is 22.7 Å². The van der Waals surface area contributed by atoms with E-state index in [2.05, 4.69) is 115 Å². The summed E-state index contributed by atoms with van der Waals surface area (Å²) in [7, 11) is 27.3. The number of allylic oxidation sites excluding steroid dienone is 12. The van der Waals surface area contributed by atoms with E-state index >= 15 is 0 Å². The Morgan fingerprint density at radius 2 is 0.826 bits per heavy atom. The van der Waals surface area contributed by atoms with Crippen LogP contribution in [0, 0.1) is 0 Å². The van der Waals surface area contributed by atoms with Gasteiger partial charge in [-0.25, -0.2) is 20.0 Å². The van der Waals surface area contributed by atoms with Crippen molar-refractivity contribution < 1.29 is 0 Å². The van der Waals surface area contributed by atoms with Gasteiger partial charge in [0.2, 0.25) is 11.4 Å². The molecule has 0 spiro atoms. The highest BCUT2D eigenvalue weighted by molar-refractivity contribution is 6.34. The molecule has 0 amide bonds. The van der Waals surface area contributed by atoms with Crippen LogP contribution in [-0.4, -0.2) is 107 Å². The van der Waals surface area contributed by atoms with E-state index < -0.39 is 0 Å². The Balaban J connectivity index is 1.66. The molecule has 0 saturated carbocycles. The lowest BCUT2D eigenvalue weighted by molar-refractivity contribution is 0.409. The van der Waals surface area contributed by atoms with Crippen molar-refractivity contribution in [2.24, 2.45) is 20.0 Å². The van der Waals surface area contributed by atoms with Gasteiger partial charge in [-0.05, 0) is 66.8 Å². The Morgan fingerprint density at radius 3 is 1.26 bits per heavy atom. The lowest BCUT2D eigenvalue weighted by Gasteiger charge is -2.39. The van der Waals surface area contributed by atoms with Gasteiger partial charge in [-0.3, -0.25) is 17.9 Å². The minimum Gasteiger partial charge on any atom is -0.293 e. The van der Waals surface area contributed by atoms with E-state index in [1.54, 1.807) is 0 Å². The summed E-state index contributed by atoms with van der Waals surface area (Å²) < 4.78 is 2.73. The first-order valence-electron chi connectivity index (χ1n) is 15.7. The molecule has 1 aromatic rings. The van der Waals surface area contributed by atoms with Gasteiger partial charge in [-0.2, -0.15) is 0 Å². The summed E-state index contributed by atoms with van der Waals surface area (Å²) in [6.07, 6.45) is 22.6. The SMILES string of the molecule is C[N+](C)(C)c1cc(C2=CC3=CC4=NC(=CC5=NC(=CC6=NC(=CC2=N3)C=C6)C=C5)C=C4)c([N+](C)(C)C)c([N+](C)(C)C)c1[N+](C)(C)C. The second-order valence-electron chi connectivity index (χ2n) is 16.0. The average molecular weight is 617 g/mol. The van der Waals surface area contributed by atoms with Crippen molar-refractivity contribution in [1.29, 1.82) is 0 Å². The van der Waals surface area contributed by atoms with Gasteiger partial charge in [0.05, 0.1) is 136 Å². The second kappa shape index (κ2) is 10.6. The molecule has 236 valence electrons. The molecular formula is C38H48N8+4. The summed E-state index contributed by atoms with van der Waals surface area (Å²) in [5.41, 5.74) is 14.5. The smallest absolute Gasteiger partial charge is 0.262 e. The Kier molecular flexibility index (Phi) is 7.29. The molecule has 6 rings (SSSR count). The highest BCUT2D eigenvalue weighted by atomic mass is 15.4. The Morgan fingerprint density at radius 1 is 0.391 bits per heavy atom. The lowest BCUT2D eigenvalue weighted by Crippen LogP contribution is -2.48. The van der Waals surface area contributed by atoms with Crippen LogP contribution < -0.4 is 17.9 Å². The summed E-state index contributed by atoms with van der Waals surface area (Å²) in [5.74, 6) is 0. The number of hydrogen-bond donors (Lipinski definition) is 0. The number of aliphatic imine (C=N–C) groups is 4. The van der Waals surface area contributed by atoms with Gasteiger partial charge >= 0.3 is 0 Å². The van der Waals surface area contributed by atoms with Crippen LogP contribution in [0.3, 0.4) is 0 Å². The molecule has 8 bridgehead atoms. The van der Waals surface area contributed by atoms with Crippen LogP contribution in [0.2, 0.25) is 0 Å². The molecule has 0 radical (unpaired) electrons. The maximum absolute atomic E-state index is 5.23. The van der Waals surface area contributed by atoms with Crippen LogP contribution in [0.5, 0.6) is 0 Å². The van der Waals surface area contributed by atoms with Crippen LogP contribution in [0.25, 0.3) is 5.57 Å². The molecule has 5 aliphatic heterocycles. The first-order chi connectivity index (χ1) is 21.3. The summed E-state index contributed by atoms with van der Waals surface area (Å²) in [5, 5.41) is 0. The summed E-state index contributed by atoms with van der Waals surface area (Å²) in [4.78, 5) is 19.8. The zero-order valence-electron chi connectivity index (χ0n) is 29.5. The van der Waals surface area contributed by atoms with Gasteiger partial charge in [-0.1, -0.05) is 0 Å². The van der Waals surface area contributed by atoms with Crippen LogP contribution in [0.15, 0.2) is 116 Å². The molecule has 5 heterocycles. The van der Waals surface area contributed by atoms with E-state index in [0.717, 1.165) is 51.2 Å². The third-order valence-electron chi connectivity index (χ3n) is 8.29. The van der Waals surface area contributed by atoms with Gasteiger partial charge in [0.15, 0.2) is 0 Å². The normalized spacial score (nSPS) is 19.3. The monoisotopic (exact) mass is 616 g/mol. The van der Waals surface area contributed by atoms with Gasteiger partial charge in [-0.15, -0.1) is 0 Å². The lowest BCUT2D eigenvalue weighted by atomic mass is 9.93. The highest BCUT2D eigenvalue weighted by Crippen LogP contribution is 2.53. The Bertz CT molecular complexity index is 1930. The molecule has 0 aromatic heterocycles. The minimum absolute atomic E-state index is 0.653. The van der Waals surface area contributed by atoms with Gasteiger partial charge in [0.25, 0.3) is 11.4 Å². The first kappa shape index (κ1) is 31.6. The fourth-order valence-corrected chi connectivity index (χ4v) is 6.44. The fourth-order valence-electron chi connectivity index (χ4n) is 6.44.